The molecule has 1 aromatic heterocycles. The van der Waals surface area contributed by atoms with E-state index in [2.05, 4.69) is 34.7 Å². The Balaban J connectivity index is 1.04. The Morgan fingerprint density at radius 3 is 2.31 bits per heavy atom. The van der Waals surface area contributed by atoms with Gasteiger partial charge < -0.3 is 15.2 Å². The standard InChI is InChI=1S/C26H24N4O5/c31-24(29-9-10-30-23(29)21(13-27-30)25(32)33)15-11-16(12-15)28-26(34)35-14-22-19-7-3-1-5-17(19)18-6-2-4-8-20(18)22/h1-8,13,15-16,22H,9-12,14H2,(H,28,34)(H,32,33). The fraction of sp³-hybridized carbons (Fsp3) is 0.308. The van der Waals surface area contributed by atoms with Gasteiger partial charge in [0, 0.05) is 24.4 Å². The van der Waals surface area contributed by atoms with Crippen LogP contribution in [0.5, 0.6) is 0 Å². The summed E-state index contributed by atoms with van der Waals surface area (Å²) < 4.78 is 7.15. The Hall–Kier alpha value is -4.14. The first-order chi connectivity index (χ1) is 17.0. The Morgan fingerprint density at radius 2 is 1.66 bits per heavy atom. The first-order valence-corrected chi connectivity index (χ1v) is 11.7. The van der Waals surface area contributed by atoms with Crippen LogP contribution in [0.3, 0.4) is 0 Å². The molecule has 0 atom stereocenters. The van der Waals surface area contributed by atoms with Crippen LogP contribution in [-0.4, -0.2) is 52.1 Å². The Morgan fingerprint density at radius 1 is 1.00 bits per heavy atom. The van der Waals surface area contributed by atoms with Crippen molar-refractivity contribution in [2.24, 2.45) is 5.92 Å². The SMILES string of the molecule is O=C(NC1CC(C(=O)N2CCn3ncc(C(=O)O)c32)C1)OCC1c2ccccc2-c2ccccc21. The summed E-state index contributed by atoms with van der Waals surface area (Å²) in [6, 6.07) is 16.2. The van der Waals surface area contributed by atoms with Gasteiger partial charge in [0.05, 0.1) is 12.7 Å². The maximum Gasteiger partial charge on any atom is 0.407 e. The normalized spacial score (nSPS) is 19.9. The number of amides is 2. The van der Waals surface area contributed by atoms with E-state index in [-0.39, 0.29) is 36.0 Å². The molecule has 0 radical (unpaired) electrons. The van der Waals surface area contributed by atoms with Crippen molar-refractivity contribution in [3.05, 3.63) is 71.4 Å². The second-order valence-electron chi connectivity index (χ2n) is 9.24. The number of ether oxygens (including phenoxy) is 1. The van der Waals surface area contributed by atoms with Gasteiger partial charge in [0.2, 0.25) is 5.91 Å². The lowest BCUT2D eigenvalue weighted by molar-refractivity contribution is -0.125. The molecule has 2 aromatic carbocycles. The molecule has 1 aliphatic heterocycles. The minimum atomic E-state index is -1.10. The van der Waals surface area contributed by atoms with Crippen molar-refractivity contribution in [3.63, 3.8) is 0 Å². The van der Waals surface area contributed by atoms with Crippen molar-refractivity contribution in [2.75, 3.05) is 18.1 Å². The van der Waals surface area contributed by atoms with E-state index in [1.807, 2.05) is 24.3 Å². The third-order valence-electron chi connectivity index (χ3n) is 7.25. The molecule has 1 saturated carbocycles. The van der Waals surface area contributed by atoms with E-state index in [1.165, 1.54) is 22.2 Å². The Bertz CT molecular complexity index is 1300. The average molecular weight is 473 g/mol. The first-order valence-electron chi connectivity index (χ1n) is 11.7. The number of carboxylic acid groups (broad SMARTS) is 1. The zero-order valence-corrected chi connectivity index (χ0v) is 18.9. The summed E-state index contributed by atoms with van der Waals surface area (Å²) in [4.78, 5) is 38.4. The molecule has 9 heteroatoms. The molecular weight excluding hydrogens is 448 g/mol. The third-order valence-corrected chi connectivity index (χ3v) is 7.25. The number of aromatic nitrogens is 2. The lowest BCUT2D eigenvalue weighted by atomic mass is 9.79. The number of rotatable bonds is 5. The Labute approximate surface area is 201 Å². The molecule has 3 aromatic rings. The molecule has 35 heavy (non-hydrogen) atoms. The number of hydrogen-bond acceptors (Lipinski definition) is 5. The molecule has 2 N–H and O–H groups in total. The van der Waals surface area contributed by atoms with Crippen LogP contribution in [0.2, 0.25) is 0 Å². The zero-order valence-electron chi connectivity index (χ0n) is 18.9. The molecule has 178 valence electrons. The summed E-state index contributed by atoms with van der Waals surface area (Å²) in [5.41, 5.74) is 4.68. The van der Waals surface area contributed by atoms with Gasteiger partial charge in [0.15, 0.2) is 0 Å². The van der Waals surface area contributed by atoms with E-state index in [0.717, 1.165) is 11.1 Å². The van der Waals surface area contributed by atoms with E-state index < -0.39 is 12.1 Å². The van der Waals surface area contributed by atoms with Crippen molar-refractivity contribution in [1.82, 2.24) is 15.1 Å². The predicted molar refractivity (Wildman–Crippen MR) is 126 cm³/mol. The highest BCUT2D eigenvalue weighted by molar-refractivity contribution is 6.02. The van der Waals surface area contributed by atoms with Crippen molar-refractivity contribution < 1.29 is 24.2 Å². The molecule has 2 amide bonds. The van der Waals surface area contributed by atoms with Crippen LogP contribution in [-0.2, 0) is 16.1 Å². The van der Waals surface area contributed by atoms with E-state index in [0.29, 0.717) is 31.7 Å². The molecule has 9 nitrogen and oxygen atoms in total. The van der Waals surface area contributed by atoms with Gasteiger partial charge in [-0.2, -0.15) is 5.10 Å². The molecule has 2 heterocycles. The van der Waals surface area contributed by atoms with Gasteiger partial charge in [-0.05, 0) is 35.1 Å². The van der Waals surface area contributed by atoms with Gasteiger partial charge in [0.1, 0.15) is 18.0 Å². The van der Waals surface area contributed by atoms with Crippen LogP contribution in [0, 0.1) is 5.92 Å². The van der Waals surface area contributed by atoms with E-state index in [1.54, 1.807) is 4.68 Å². The van der Waals surface area contributed by atoms with Gasteiger partial charge in [-0.1, -0.05) is 48.5 Å². The number of alkyl carbamates (subject to hydrolysis) is 1. The van der Waals surface area contributed by atoms with Gasteiger partial charge in [0.25, 0.3) is 0 Å². The highest BCUT2D eigenvalue weighted by Crippen LogP contribution is 2.44. The van der Waals surface area contributed by atoms with Crippen molar-refractivity contribution in [3.8, 4) is 11.1 Å². The quantitative estimate of drug-likeness (QED) is 0.589. The molecule has 0 bridgehead atoms. The van der Waals surface area contributed by atoms with E-state index in [9.17, 15) is 19.5 Å². The van der Waals surface area contributed by atoms with Crippen LogP contribution in [0.15, 0.2) is 54.7 Å². The van der Waals surface area contributed by atoms with Gasteiger partial charge >= 0.3 is 12.1 Å². The summed E-state index contributed by atoms with van der Waals surface area (Å²) in [5.74, 6) is -1.16. The maximum absolute atomic E-state index is 13.0. The van der Waals surface area contributed by atoms with Crippen molar-refractivity contribution in [2.45, 2.75) is 31.3 Å². The second-order valence-corrected chi connectivity index (χ2v) is 9.24. The number of hydrogen-bond donors (Lipinski definition) is 2. The van der Waals surface area contributed by atoms with Crippen molar-refractivity contribution >= 4 is 23.8 Å². The lowest BCUT2D eigenvalue weighted by Crippen LogP contribution is -2.50. The Kier molecular flexibility index (Phi) is 5.05. The number of carbonyl (C=O) groups is 3. The summed E-state index contributed by atoms with van der Waals surface area (Å²) in [6.07, 6.45) is 1.78. The number of benzene rings is 2. The van der Waals surface area contributed by atoms with Gasteiger partial charge in [-0.25, -0.2) is 14.3 Å². The third kappa shape index (κ3) is 3.54. The smallest absolute Gasteiger partial charge is 0.407 e. The fourth-order valence-corrected chi connectivity index (χ4v) is 5.46. The zero-order chi connectivity index (χ0) is 24.1. The molecule has 6 rings (SSSR count). The first kappa shape index (κ1) is 21.4. The number of nitrogens with zero attached hydrogens (tertiary/aromatic N) is 3. The summed E-state index contributed by atoms with van der Waals surface area (Å²) in [6.45, 7) is 1.12. The van der Waals surface area contributed by atoms with Crippen LogP contribution >= 0.6 is 0 Å². The fourth-order valence-electron chi connectivity index (χ4n) is 5.46. The number of nitrogens with one attached hydrogen (secondary N) is 1. The molecule has 3 aliphatic rings. The number of anilines is 1. The molecule has 0 spiro atoms. The topological polar surface area (TPSA) is 114 Å². The highest BCUT2D eigenvalue weighted by Gasteiger charge is 2.41. The van der Waals surface area contributed by atoms with Crippen LogP contribution in [0.4, 0.5) is 10.6 Å². The van der Waals surface area contributed by atoms with Crippen LogP contribution in [0.25, 0.3) is 11.1 Å². The summed E-state index contributed by atoms with van der Waals surface area (Å²) in [5, 5.41) is 16.3. The lowest BCUT2D eigenvalue weighted by Gasteiger charge is -2.36. The van der Waals surface area contributed by atoms with E-state index >= 15 is 0 Å². The van der Waals surface area contributed by atoms with E-state index in [4.69, 9.17) is 4.74 Å². The number of carboxylic acids is 1. The molecule has 1 fully saturated rings. The number of fused-ring (bicyclic) bond motifs is 4. The average Bonchev–Trinajstić information content (AvgIpc) is 3.51. The van der Waals surface area contributed by atoms with Crippen molar-refractivity contribution in [1.29, 1.82) is 0 Å². The number of aromatic carboxylic acids is 1. The molecular formula is C26H24N4O5. The largest absolute Gasteiger partial charge is 0.477 e. The summed E-state index contributed by atoms with van der Waals surface area (Å²) in [7, 11) is 0. The predicted octanol–water partition coefficient (Wildman–Crippen LogP) is 3.25. The van der Waals surface area contributed by atoms with Gasteiger partial charge in [-0.3, -0.25) is 9.69 Å². The minimum absolute atomic E-state index is 0.00712. The molecule has 2 aliphatic carbocycles. The molecule has 0 unspecified atom stereocenters. The highest BCUT2D eigenvalue weighted by atomic mass is 16.5. The maximum atomic E-state index is 13.0. The number of carbonyl (C=O) groups excluding carboxylic acids is 2. The second kappa shape index (κ2) is 8.26. The molecule has 0 saturated heterocycles. The summed E-state index contributed by atoms with van der Waals surface area (Å²) >= 11 is 0. The minimum Gasteiger partial charge on any atom is -0.477 e. The monoisotopic (exact) mass is 472 g/mol. The van der Waals surface area contributed by atoms with Crippen LogP contribution in [0.1, 0.15) is 40.2 Å². The van der Waals surface area contributed by atoms with Gasteiger partial charge in [-0.15, -0.1) is 0 Å². The van der Waals surface area contributed by atoms with Crippen LogP contribution < -0.4 is 10.2 Å².